The third-order valence-electron chi connectivity index (χ3n) is 2.03. The van der Waals surface area contributed by atoms with Crippen LogP contribution in [0.2, 0.25) is 0 Å². The van der Waals surface area contributed by atoms with Crippen LogP contribution in [0, 0.1) is 18.3 Å². The first kappa shape index (κ1) is 13.0. The lowest BCUT2D eigenvalue weighted by molar-refractivity contribution is 0.0361. The summed E-state index contributed by atoms with van der Waals surface area (Å²) in [6, 6.07) is 0. The highest BCUT2D eigenvalue weighted by molar-refractivity contribution is 4.66. The maximum absolute atomic E-state index is 5.64. The smallest absolute Gasteiger partial charge is 0.0547 e. The molecule has 0 aromatic rings. The Kier molecular flexibility index (Phi) is 5.62. The Bertz CT molecular complexity index is 124. The standard InChI is InChI=1S/C12H25O/c1-7-11(3)13-9-10(2)8-12(4,5)6/h10-11H,1,7-9H2,2-6H3. The maximum atomic E-state index is 5.64. The molecule has 0 saturated carbocycles. The fourth-order valence-corrected chi connectivity index (χ4v) is 1.52. The molecule has 0 bridgehead atoms. The van der Waals surface area contributed by atoms with Gasteiger partial charge in [0.2, 0.25) is 0 Å². The van der Waals surface area contributed by atoms with Gasteiger partial charge in [-0.05, 0) is 31.1 Å². The molecule has 0 heterocycles. The van der Waals surface area contributed by atoms with Crippen LogP contribution in [0.5, 0.6) is 0 Å². The van der Waals surface area contributed by atoms with Crippen LogP contribution in [0.1, 0.15) is 47.5 Å². The summed E-state index contributed by atoms with van der Waals surface area (Å²) in [4.78, 5) is 0. The molecule has 0 aliphatic carbocycles. The predicted octanol–water partition coefficient (Wildman–Crippen LogP) is 3.69. The number of ether oxygens (including phenoxy) is 1. The van der Waals surface area contributed by atoms with Crippen molar-refractivity contribution in [2.45, 2.75) is 53.6 Å². The number of hydrogen-bond donors (Lipinski definition) is 0. The minimum atomic E-state index is 0.308. The summed E-state index contributed by atoms with van der Waals surface area (Å²) in [5.41, 5.74) is 0.413. The molecule has 0 spiro atoms. The summed E-state index contributed by atoms with van der Waals surface area (Å²) in [7, 11) is 0. The molecule has 79 valence electrons. The zero-order valence-corrected chi connectivity index (χ0v) is 9.89. The first-order valence-corrected chi connectivity index (χ1v) is 5.26. The van der Waals surface area contributed by atoms with Gasteiger partial charge < -0.3 is 4.74 Å². The van der Waals surface area contributed by atoms with Crippen molar-refractivity contribution in [3.8, 4) is 0 Å². The zero-order valence-electron chi connectivity index (χ0n) is 9.89. The second kappa shape index (κ2) is 5.64. The van der Waals surface area contributed by atoms with Crippen molar-refractivity contribution in [2.75, 3.05) is 6.61 Å². The molecular weight excluding hydrogens is 160 g/mol. The number of hydrogen-bond acceptors (Lipinski definition) is 1. The average Bonchev–Trinajstić information content (AvgIpc) is 1.97. The highest BCUT2D eigenvalue weighted by Gasteiger charge is 2.15. The quantitative estimate of drug-likeness (QED) is 0.634. The topological polar surface area (TPSA) is 9.23 Å². The first-order chi connectivity index (χ1) is 5.85. The second-order valence-electron chi connectivity index (χ2n) is 5.30. The summed E-state index contributed by atoms with van der Waals surface area (Å²) in [6.07, 6.45) is 2.39. The molecule has 0 N–H and O–H groups in total. The van der Waals surface area contributed by atoms with E-state index in [2.05, 4.69) is 41.5 Å². The third kappa shape index (κ3) is 8.29. The summed E-state index contributed by atoms with van der Waals surface area (Å²) >= 11 is 0. The van der Waals surface area contributed by atoms with E-state index in [4.69, 9.17) is 4.74 Å². The van der Waals surface area contributed by atoms with Crippen molar-refractivity contribution in [2.24, 2.45) is 11.3 Å². The fraction of sp³-hybridized carbons (Fsp3) is 0.917. The molecule has 1 nitrogen and oxygen atoms in total. The fourth-order valence-electron chi connectivity index (χ4n) is 1.52. The van der Waals surface area contributed by atoms with Gasteiger partial charge in [0.15, 0.2) is 0 Å². The minimum Gasteiger partial charge on any atom is -0.378 e. The van der Waals surface area contributed by atoms with Crippen LogP contribution in [0.15, 0.2) is 0 Å². The molecule has 1 radical (unpaired) electrons. The van der Waals surface area contributed by atoms with E-state index in [1.54, 1.807) is 0 Å². The van der Waals surface area contributed by atoms with Gasteiger partial charge in [-0.3, -0.25) is 0 Å². The van der Waals surface area contributed by atoms with Crippen molar-refractivity contribution in [1.82, 2.24) is 0 Å². The summed E-state index contributed by atoms with van der Waals surface area (Å²) in [5.74, 6) is 0.647. The van der Waals surface area contributed by atoms with E-state index in [9.17, 15) is 0 Å². The zero-order chi connectivity index (χ0) is 10.5. The molecule has 0 saturated heterocycles. The van der Waals surface area contributed by atoms with Crippen molar-refractivity contribution >= 4 is 0 Å². The highest BCUT2D eigenvalue weighted by Crippen LogP contribution is 2.24. The molecule has 13 heavy (non-hydrogen) atoms. The van der Waals surface area contributed by atoms with Gasteiger partial charge in [-0.2, -0.15) is 0 Å². The Morgan fingerprint density at radius 3 is 2.15 bits per heavy atom. The Morgan fingerprint density at radius 2 is 1.77 bits per heavy atom. The predicted molar refractivity (Wildman–Crippen MR) is 58.6 cm³/mol. The first-order valence-electron chi connectivity index (χ1n) is 5.26. The summed E-state index contributed by atoms with van der Waals surface area (Å²) in [6.45, 7) is 15.8. The Labute approximate surface area is 83.9 Å². The normalized spacial score (nSPS) is 17.1. The van der Waals surface area contributed by atoms with Crippen LogP contribution in [0.4, 0.5) is 0 Å². The van der Waals surface area contributed by atoms with Crippen LogP contribution < -0.4 is 0 Å². The minimum absolute atomic E-state index is 0.308. The van der Waals surface area contributed by atoms with E-state index in [0.29, 0.717) is 17.4 Å². The molecule has 0 fully saturated rings. The molecule has 0 amide bonds. The van der Waals surface area contributed by atoms with Gasteiger partial charge in [-0.1, -0.05) is 34.6 Å². The highest BCUT2D eigenvalue weighted by atomic mass is 16.5. The van der Waals surface area contributed by atoms with E-state index in [-0.39, 0.29) is 0 Å². The molecule has 0 aliphatic rings. The van der Waals surface area contributed by atoms with E-state index in [1.807, 2.05) is 0 Å². The van der Waals surface area contributed by atoms with Crippen LogP contribution in [0.3, 0.4) is 0 Å². The van der Waals surface area contributed by atoms with Crippen molar-refractivity contribution < 1.29 is 4.74 Å². The Balaban J connectivity index is 3.57. The van der Waals surface area contributed by atoms with E-state index in [1.165, 1.54) is 6.42 Å². The average molecular weight is 185 g/mol. The largest absolute Gasteiger partial charge is 0.378 e. The molecule has 0 rings (SSSR count). The molecule has 2 atom stereocenters. The van der Waals surface area contributed by atoms with E-state index in [0.717, 1.165) is 13.0 Å². The van der Waals surface area contributed by atoms with Crippen LogP contribution in [-0.4, -0.2) is 12.7 Å². The van der Waals surface area contributed by atoms with Crippen LogP contribution in [0.25, 0.3) is 0 Å². The molecule has 2 unspecified atom stereocenters. The lowest BCUT2D eigenvalue weighted by Gasteiger charge is -2.24. The van der Waals surface area contributed by atoms with Gasteiger partial charge in [-0.25, -0.2) is 0 Å². The van der Waals surface area contributed by atoms with Gasteiger partial charge in [0, 0.05) is 6.61 Å². The van der Waals surface area contributed by atoms with Gasteiger partial charge in [0.25, 0.3) is 0 Å². The van der Waals surface area contributed by atoms with Gasteiger partial charge in [0.05, 0.1) is 6.10 Å². The molecule has 1 heteroatoms. The lowest BCUT2D eigenvalue weighted by atomic mass is 9.86. The summed E-state index contributed by atoms with van der Waals surface area (Å²) < 4.78 is 5.64. The van der Waals surface area contributed by atoms with Crippen molar-refractivity contribution in [1.29, 1.82) is 0 Å². The number of rotatable bonds is 5. The van der Waals surface area contributed by atoms with Crippen LogP contribution >= 0.6 is 0 Å². The van der Waals surface area contributed by atoms with Gasteiger partial charge >= 0.3 is 0 Å². The molecule has 0 aliphatic heterocycles. The van der Waals surface area contributed by atoms with Crippen molar-refractivity contribution in [3.05, 3.63) is 6.92 Å². The Hall–Kier alpha value is -0.0400. The van der Waals surface area contributed by atoms with Gasteiger partial charge in [0.1, 0.15) is 0 Å². The monoisotopic (exact) mass is 185 g/mol. The third-order valence-corrected chi connectivity index (χ3v) is 2.03. The maximum Gasteiger partial charge on any atom is 0.0547 e. The summed E-state index contributed by atoms with van der Waals surface area (Å²) in [5, 5.41) is 0. The Morgan fingerprint density at radius 1 is 1.23 bits per heavy atom. The molecule has 0 aromatic carbocycles. The SMILES string of the molecule is [CH2]CC(C)OCC(C)CC(C)(C)C. The van der Waals surface area contributed by atoms with E-state index >= 15 is 0 Å². The lowest BCUT2D eigenvalue weighted by Crippen LogP contribution is -2.18. The molecule has 0 aromatic heterocycles. The van der Waals surface area contributed by atoms with Gasteiger partial charge in [-0.15, -0.1) is 0 Å². The van der Waals surface area contributed by atoms with Crippen LogP contribution in [-0.2, 0) is 4.74 Å². The molecular formula is C12H25O. The second-order valence-corrected chi connectivity index (χ2v) is 5.30. The van der Waals surface area contributed by atoms with Crippen molar-refractivity contribution in [3.63, 3.8) is 0 Å². The van der Waals surface area contributed by atoms with E-state index < -0.39 is 0 Å².